The highest BCUT2D eigenvalue weighted by Crippen LogP contribution is 2.28. The van der Waals surface area contributed by atoms with Crippen molar-refractivity contribution >= 4 is 0 Å². The van der Waals surface area contributed by atoms with Crippen molar-refractivity contribution in [2.75, 3.05) is 19.6 Å². The maximum atomic E-state index is 12.7. The van der Waals surface area contributed by atoms with Crippen LogP contribution in [0.4, 0.5) is 13.2 Å². The summed E-state index contributed by atoms with van der Waals surface area (Å²) in [7, 11) is 0. The molecular formula is C12H23F3N2. The molecule has 17 heavy (non-hydrogen) atoms. The fraction of sp³-hybridized carbons (Fsp3) is 1.00. The lowest BCUT2D eigenvalue weighted by molar-refractivity contribution is -0.177. The average molecular weight is 252 g/mol. The number of hydrogen-bond acceptors (Lipinski definition) is 2. The lowest BCUT2D eigenvalue weighted by atomic mass is 10.0. The molecule has 2 nitrogen and oxygen atoms in total. The van der Waals surface area contributed by atoms with Crippen LogP contribution < -0.4 is 5.73 Å². The predicted molar refractivity (Wildman–Crippen MR) is 62.7 cm³/mol. The molecule has 1 aliphatic rings. The molecular weight excluding hydrogens is 229 g/mol. The van der Waals surface area contributed by atoms with Crippen molar-refractivity contribution in [2.24, 2.45) is 11.7 Å². The van der Waals surface area contributed by atoms with Crippen LogP contribution in [0.15, 0.2) is 0 Å². The van der Waals surface area contributed by atoms with Crippen molar-refractivity contribution < 1.29 is 13.2 Å². The standard InChI is InChI=1S/C12H23F3N2/c1-2-11-6-4-3-5-7-17(11)9-10(8-16)12(13,14)15/h10-11H,2-9,16H2,1H3. The van der Waals surface area contributed by atoms with E-state index in [1.807, 2.05) is 11.8 Å². The Morgan fingerprint density at radius 1 is 1.29 bits per heavy atom. The number of alkyl halides is 3. The Balaban J connectivity index is 2.61. The van der Waals surface area contributed by atoms with Crippen molar-refractivity contribution in [2.45, 2.75) is 51.2 Å². The van der Waals surface area contributed by atoms with Gasteiger partial charge in [0.2, 0.25) is 0 Å². The summed E-state index contributed by atoms with van der Waals surface area (Å²) in [5.74, 6) is -1.38. The summed E-state index contributed by atoms with van der Waals surface area (Å²) >= 11 is 0. The molecule has 1 saturated heterocycles. The Hall–Kier alpha value is -0.290. The first-order chi connectivity index (χ1) is 7.99. The van der Waals surface area contributed by atoms with Crippen molar-refractivity contribution in [1.29, 1.82) is 0 Å². The van der Waals surface area contributed by atoms with E-state index in [0.717, 1.165) is 38.6 Å². The third-order valence-corrected chi connectivity index (χ3v) is 3.67. The molecule has 1 aliphatic heterocycles. The van der Waals surface area contributed by atoms with Gasteiger partial charge in [-0.1, -0.05) is 19.8 Å². The quantitative estimate of drug-likeness (QED) is 0.833. The van der Waals surface area contributed by atoms with Crippen LogP contribution in [-0.2, 0) is 0 Å². The Kier molecular flexibility index (Phi) is 5.73. The summed E-state index contributed by atoms with van der Waals surface area (Å²) in [4.78, 5) is 2.00. The van der Waals surface area contributed by atoms with Crippen molar-refractivity contribution in [3.63, 3.8) is 0 Å². The van der Waals surface area contributed by atoms with Gasteiger partial charge in [-0.2, -0.15) is 13.2 Å². The highest BCUT2D eigenvalue weighted by Gasteiger charge is 2.40. The molecule has 2 unspecified atom stereocenters. The van der Waals surface area contributed by atoms with E-state index in [1.165, 1.54) is 0 Å². The normalized spacial score (nSPS) is 25.6. The van der Waals surface area contributed by atoms with Gasteiger partial charge in [-0.25, -0.2) is 0 Å². The van der Waals surface area contributed by atoms with E-state index in [4.69, 9.17) is 5.73 Å². The van der Waals surface area contributed by atoms with Gasteiger partial charge in [0.25, 0.3) is 0 Å². The van der Waals surface area contributed by atoms with Gasteiger partial charge in [-0.15, -0.1) is 0 Å². The average Bonchev–Trinajstić information content (AvgIpc) is 2.48. The third-order valence-electron chi connectivity index (χ3n) is 3.67. The minimum absolute atomic E-state index is 0.0680. The van der Waals surface area contributed by atoms with Crippen LogP contribution in [0.5, 0.6) is 0 Å². The Morgan fingerprint density at radius 3 is 2.53 bits per heavy atom. The second-order valence-corrected chi connectivity index (χ2v) is 4.88. The highest BCUT2D eigenvalue weighted by molar-refractivity contribution is 4.79. The van der Waals surface area contributed by atoms with E-state index in [-0.39, 0.29) is 13.1 Å². The molecule has 2 atom stereocenters. The minimum Gasteiger partial charge on any atom is -0.330 e. The molecule has 0 spiro atoms. The van der Waals surface area contributed by atoms with Crippen LogP contribution in [0, 0.1) is 5.92 Å². The molecule has 0 bridgehead atoms. The number of hydrogen-bond donors (Lipinski definition) is 1. The van der Waals surface area contributed by atoms with Crippen molar-refractivity contribution in [3.8, 4) is 0 Å². The summed E-state index contributed by atoms with van der Waals surface area (Å²) in [6.07, 6.45) is 1.05. The molecule has 102 valence electrons. The lowest BCUT2D eigenvalue weighted by Gasteiger charge is -2.33. The Morgan fingerprint density at radius 2 is 2.00 bits per heavy atom. The molecule has 0 aromatic heterocycles. The van der Waals surface area contributed by atoms with Gasteiger partial charge >= 0.3 is 6.18 Å². The summed E-state index contributed by atoms with van der Waals surface area (Å²) < 4.78 is 38.1. The van der Waals surface area contributed by atoms with Gasteiger partial charge in [0, 0.05) is 19.1 Å². The van der Waals surface area contributed by atoms with Crippen LogP contribution in [0.3, 0.4) is 0 Å². The molecule has 1 heterocycles. The first kappa shape index (κ1) is 14.8. The zero-order valence-electron chi connectivity index (χ0n) is 10.5. The molecule has 1 fully saturated rings. The SMILES string of the molecule is CCC1CCCCCN1CC(CN)C(F)(F)F. The molecule has 5 heteroatoms. The van der Waals surface area contributed by atoms with E-state index in [1.54, 1.807) is 0 Å². The molecule has 0 aromatic carbocycles. The summed E-state index contributed by atoms with van der Waals surface area (Å²) in [6.45, 7) is 2.59. The number of rotatable bonds is 4. The van der Waals surface area contributed by atoms with Crippen LogP contribution in [0.1, 0.15) is 39.0 Å². The topological polar surface area (TPSA) is 29.3 Å². The van der Waals surface area contributed by atoms with Crippen LogP contribution in [0.2, 0.25) is 0 Å². The Labute approximate surface area is 101 Å². The van der Waals surface area contributed by atoms with E-state index in [2.05, 4.69) is 0 Å². The lowest BCUT2D eigenvalue weighted by Crippen LogP contribution is -2.44. The molecule has 1 rings (SSSR count). The first-order valence-electron chi connectivity index (χ1n) is 6.49. The van der Waals surface area contributed by atoms with Crippen molar-refractivity contribution in [1.82, 2.24) is 4.90 Å². The molecule has 2 N–H and O–H groups in total. The number of likely N-dealkylation sites (tertiary alicyclic amines) is 1. The van der Waals surface area contributed by atoms with E-state index in [9.17, 15) is 13.2 Å². The summed E-state index contributed by atoms with van der Waals surface area (Å²) in [5.41, 5.74) is 5.26. The maximum Gasteiger partial charge on any atom is 0.394 e. The van der Waals surface area contributed by atoms with Gasteiger partial charge in [0.15, 0.2) is 0 Å². The largest absolute Gasteiger partial charge is 0.394 e. The molecule has 0 amide bonds. The molecule has 0 radical (unpaired) electrons. The zero-order valence-corrected chi connectivity index (χ0v) is 10.5. The smallest absolute Gasteiger partial charge is 0.330 e. The molecule has 0 saturated carbocycles. The molecule has 0 aliphatic carbocycles. The Bertz CT molecular complexity index is 218. The fourth-order valence-electron chi connectivity index (χ4n) is 2.53. The van der Waals surface area contributed by atoms with E-state index in [0.29, 0.717) is 6.04 Å². The zero-order chi connectivity index (χ0) is 12.9. The number of nitrogens with two attached hydrogens (primary N) is 1. The van der Waals surface area contributed by atoms with Crippen molar-refractivity contribution in [3.05, 3.63) is 0 Å². The third kappa shape index (κ3) is 4.47. The van der Waals surface area contributed by atoms with E-state index < -0.39 is 12.1 Å². The highest BCUT2D eigenvalue weighted by atomic mass is 19.4. The molecule has 0 aromatic rings. The van der Waals surface area contributed by atoms with Crippen LogP contribution in [0.25, 0.3) is 0 Å². The summed E-state index contributed by atoms with van der Waals surface area (Å²) in [6, 6.07) is 0.300. The number of halogens is 3. The predicted octanol–water partition coefficient (Wildman–Crippen LogP) is 2.78. The summed E-state index contributed by atoms with van der Waals surface area (Å²) in [5, 5.41) is 0. The van der Waals surface area contributed by atoms with Gasteiger partial charge in [-0.3, -0.25) is 4.90 Å². The second kappa shape index (κ2) is 6.59. The monoisotopic (exact) mass is 252 g/mol. The van der Waals surface area contributed by atoms with Gasteiger partial charge in [-0.05, 0) is 25.8 Å². The van der Waals surface area contributed by atoms with Gasteiger partial charge < -0.3 is 5.73 Å². The number of nitrogens with zero attached hydrogens (tertiary/aromatic N) is 1. The van der Waals surface area contributed by atoms with Gasteiger partial charge in [0.05, 0.1) is 5.92 Å². The van der Waals surface area contributed by atoms with Gasteiger partial charge in [0.1, 0.15) is 0 Å². The second-order valence-electron chi connectivity index (χ2n) is 4.88. The maximum absolute atomic E-state index is 12.7. The first-order valence-corrected chi connectivity index (χ1v) is 6.49. The fourth-order valence-corrected chi connectivity index (χ4v) is 2.53. The van der Waals surface area contributed by atoms with Crippen LogP contribution in [-0.4, -0.2) is 36.8 Å². The minimum atomic E-state index is -4.17. The van der Waals surface area contributed by atoms with Crippen LogP contribution >= 0.6 is 0 Å². The van der Waals surface area contributed by atoms with E-state index >= 15 is 0 Å².